The summed E-state index contributed by atoms with van der Waals surface area (Å²) in [5.74, 6) is 0.247. The fraction of sp³-hybridized carbons (Fsp3) is 0.400. The molecule has 2 rings (SSSR count). The van der Waals surface area contributed by atoms with Gasteiger partial charge in [-0.25, -0.2) is 4.39 Å². The van der Waals surface area contributed by atoms with Crippen LogP contribution in [0.1, 0.15) is 24.4 Å². The molecular weight excluding hydrogens is 167 g/mol. The molecule has 1 aliphatic rings. The first kappa shape index (κ1) is 8.51. The zero-order valence-electron chi connectivity index (χ0n) is 7.33. The van der Waals surface area contributed by atoms with Gasteiger partial charge in [0.2, 0.25) is 0 Å². The third-order valence-electron chi connectivity index (χ3n) is 2.54. The van der Waals surface area contributed by atoms with E-state index < -0.39 is 0 Å². The second-order valence-corrected chi connectivity index (χ2v) is 3.64. The monoisotopic (exact) mass is 180 g/mol. The highest BCUT2D eigenvalue weighted by Crippen LogP contribution is 2.40. The zero-order valence-corrected chi connectivity index (χ0v) is 7.33. The molecule has 0 radical (unpaired) electrons. The van der Waals surface area contributed by atoms with Crippen LogP contribution in [0.15, 0.2) is 18.2 Å². The van der Waals surface area contributed by atoms with E-state index in [0.717, 1.165) is 18.4 Å². The molecule has 1 atom stereocenters. The summed E-state index contributed by atoms with van der Waals surface area (Å²) in [5.41, 5.74) is 13.0. The van der Waals surface area contributed by atoms with E-state index in [4.69, 9.17) is 11.5 Å². The van der Waals surface area contributed by atoms with Crippen LogP contribution in [-0.2, 0) is 0 Å². The van der Waals surface area contributed by atoms with Crippen LogP contribution in [0.5, 0.6) is 0 Å². The minimum Gasteiger partial charge on any atom is -0.398 e. The van der Waals surface area contributed by atoms with Crippen LogP contribution in [0.3, 0.4) is 0 Å². The van der Waals surface area contributed by atoms with Gasteiger partial charge in [-0.3, -0.25) is 0 Å². The van der Waals surface area contributed by atoms with Crippen molar-refractivity contribution in [3.63, 3.8) is 0 Å². The van der Waals surface area contributed by atoms with E-state index in [9.17, 15) is 4.39 Å². The Hall–Kier alpha value is -1.09. The lowest BCUT2D eigenvalue weighted by molar-refractivity contribution is 0.615. The van der Waals surface area contributed by atoms with E-state index in [-0.39, 0.29) is 11.9 Å². The first-order valence-electron chi connectivity index (χ1n) is 4.49. The summed E-state index contributed by atoms with van der Waals surface area (Å²) in [6.07, 6.45) is 2.33. The first-order valence-corrected chi connectivity index (χ1v) is 4.49. The molecule has 0 spiro atoms. The van der Waals surface area contributed by atoms with Gasteiger partial charge in [-0.1, -0.05) is 6.07 Å². The van der Waals surface area contributed by atoms with Crippen molar-refractivity contribution >= 4 is 5.69 Å². The summed E-state index contributed by atoms with van der Waals surface area (Å²) in [7, 11) is 0. The summed E-state index contributed by atoms with van der Waals surface area (Å²) in [6, 6.07) is 4.42. The van der Waals surface area contributed by atoms with Crippen molar-refractivity contribution in [1.29, 1.82) is 0 Å². The lowest BCUT2D eigenvalue weighted by Gasteiger charge is -2.12. The molecule has 1 aliphatic carbocycles. The Morgan fingerprint density at radius 2 is 2.08 bits per heavy atom. The minimum atomic E-state index is -0.302. The van der Waals surface area contributed by atoms with Crippen LogP contribution < -0.4 is 11.5 Å². The molecule has 0 amide bonds. The van der Waals surface area contributed by atoms with Crippen LogP contribution in [0.4, 0.5) is 10.1 Å². The van der Waals surface area contributed by atoms with Crippen molar-refractivity contribution in [3.05, 3.63) is 29.6 Å². The SMILES string of the molecule is Nc1cc(F)ccc1[C@H](N)C1CC1. The topological polar surface area (TPSA) is 52.0 Å². The minimum absolute atomic E-state index is 0.0133. The molecule has 0 unspecified atom stereocenters. The fourth-order valence-electron chi connectivity index (χ4n) is 1.56. The highest BCUT2D eigenvalue weighted by Gasteiger charge is 2.30. The Labute approximate surface area is 76.7 Å². The third-order valence-corrected chi connectivity index (χ3v) is 2.54. The van der Waals surface area contributed by atoms with E-state index in [1.54, 1.807) is 6.07 Å². The molecule has 1 aromatic rings. The maximum absolute atomic E-state index is 12.7. The van der Waals surface area contributed by atoms with Gasteiger partial charge in [0.05, 0.1) is 0 Å². The Bertz CT molecular complexity index is 321. The molecule has 3 heteroatoms. The fourth-order valence-corrected chi connectivity index (χ4v) is 1.56. The number of hydrogen-bond acceptors (Lipinski definition) is 2. The van der Waals surface area contributed by atoms with Crippen molar-refractivity contribution in [2.45, 2.75) is 18.9 Å². The Morgan fingerprint density at radius 3 is 2.62 bits per heavy atom. The Morgan fingerprint density at radius 1 is 1.38 bits per heavy atom. The van der Waals surface area contributed by atoms with E-state index in [1.165, 1.54) is 12.1 Å². The molecule has 0 saturated heterocycles. The lowest BCUT2D eigenvalue weighted by Crippen LogP contribution is -2.14. The molecule has 0 aromatic heterocycles. The number of nitrogen functional groups attached to an aromatic ring is 1. The zero-order chi connectivity index (χ0) is 9.42. The Kier molecular flexibility index (Phi) is 1.96. The van der Waals surface area contributed by atoms with Gasteiger partial charge in [-0.15, -0.1) is 0 Å². The maximum atomic E-state index is 12.7. The second kappa shape index (κ2) is 3.00. The molecule has 1 aromatic carbocycles. The van der Waals surface area contributed by atoms with Crippen molar-refractivity contribution < 1.29 is 4.39 Å². The normalized spacial score (nSPS) is 18.6. The van der Waals surface area contributed by atoms with Crippen molar-refractivity contribution in [2.24, 2.45) is 11.7 Å². The maximum Gasteiger partial charge on any atom is 0.125 e. The number of benzene rings is 1. The molecule has 1 fully saturated rings. The van der Waals surface area contributed by atoms with Gasteiger partial charge in [0.15, 0.2) is 0 Å². The van der Waals surface area contributed by atoms with Crippen molar-refractivity contribution in [3.8, 4) is 0 Å². The number of hydrogen-bond donors (Lipinski definition) is 2. The highest BCUT2D eigenvalue weighted by atomic mass is 19.1. The van der Waals surface area contributed by atoms with Crippen LogP contribution in [0.2, 0.25) is 0 Å². The molecule has 0 aliphatic heterocycles. The number of anilines is 1. The summed E-state index contributed by atoms with van der Waals surface area (Å²) < 4.78 is 12.7. The molecule has 1 saturated carbocycles. The summed E-state index contributed by atoms with van der Waals surface area (Å²) in [6.45, 7) is 0. The molecular formula is C10H13FN2. The Balaban J connectivity index is 2.28. The van der Waals surface area contributed by atoms with E-state index >= 15 is 0 Å². The van der Waals surface area contributed by atoms with Crippen LogP contribution >= 0.6 is 0 Å². The van der Waals surface area contributed by atoms with E-state index in [1.807, 2.05) is 0 Å². The number of halogens is 1. The largest absolute Gasteiger partial charge is 0.398 e. The number of rotatable bonds is 2. The summed E-state index contributed by atoms with van der Waals surface area (Å²) >= 11 is 0. The average Bonchev–Trinajstić information content (AvgIpc) is 2.85. The summed E-state index contributed by atoms with van der Waals surface area (Å²) in [5, 5.41) is 0. The highest BCUT2D eigenvalue weighted by molar-refractivity contribution is 5.49. The first-order chi connectivity index (χ1) is 6.18. The van der Waals surface area contributed by atoms with Gasteiger partial charge >= 0.3 is 0 Å². The predicted octanol–water partition coefficient (Wildman–Crippen LogP) is 1.82. The smallest absolute Gasteiger partial charge is 0.125 e. The van der Waals surface area contributed by atoms with Crippen molar-refractivity contribution in [1.82, 2.24) is 0 Å². The van der Waals surface area contributed by atoms with Crippen LogP contribution in [0, 0.1) is 11.7 Å². The lowest BCUT2D eigenvalue weighted by atomic mass is 10.0. The van der Waals surface area contributed by atoms with Gasteiger partial charge in [-0.2, -0.15) is 0 Å². The van der Waals surface area contributed by atoms with Crippen LogP contribution in [0.25, 0.3) is 0 Å². The van der Waals surface area contributed by atoms with Gasteiger partial charge < -0.3 is 11.5 Å². The third kappa shape index (κ3) is 1.65. The van der Waals surface area contributed by atoms with Gasteiger partial charge in [0.1, 0.15) is 5.82 Å². The number of nitrogens with two attached hydrogens (primary N) is 2. The quantitative estimate of drug-likeness (QED) is 0.682. The molecule has 70 valence electrons. The predicted molar refractivity (Wildman–Crippen MR) is 50.5 cm³/mol. The standard InChI is InChI=1S/C10H13FN2/c11-7-3-4-8(9(12)5-7)10(13)6-1-2-6/h3-6,10H,1-2,12-13H2/t10-/m1/s1. The second-order valence-electron chi connectivity index (χ2n) is 3.64. The molecule has 2 nitrogen and oxygen atoms in total. The van der Waals surface area contributed by atoms with Gasteiger partial charge in [-0.05, 0) is 36.5 Å². The van der Waals surface area contributed by atoms with E-state index in [0.29, 0.717) is 11.6 Å². The van der Waals surface area contributed by atoms with Crippen molar-refractivity contribution in [2.75, 3.05) is 5.73 Å². The molecule has 0 heterocycles. The van der Waals surface area contributed by atoms with Gasteiger partial charge in [0, 0.05) is 11.7 Å². The van der Waals surface area contributed by atoms with Gasteiger partial charge in [0.25, 0.3) is 0 Å². The average molecular weight is 180 g/mol. The van der Waals surface area contributed by atoms with E-state index in [2.05, 4.69) is 0 Å². The summed E-state index contributed by atoms with van der Waals surface area (Å²) in [4.78, 5) is 0. The van der Waals surface area contributed by atoms with Crippen LogP contribution in [-0.4, -0.2) is 0 Å². The molecule has 0 bridgehead atoms. The molecule has 13 heavy (non-hydrogen) atoms. The molecule has 4 N–H and O–H groups in total.